The van der Waals surface area contributed by atoms with Crippen LogP contribution in [0.25, 0.3) is 0 Å². The lowest BCUT2D eigenvalue weighted by Gasteiger charge is -2.37. The third-order valence-electron chi connectivity index (χ3n) is 5.17. The standard InChI is InChI=1S/C19H31N3O3.3ClH/c1-24-17-4-2-16(3-5-17)14-22-8-6-18(19(23)15-22)20-7-9-21-10-12-25-13-11-21;;;/h2-5,18-20,23H,6-15H2,1H3;3*1H/t18-,19-;;;/m1.../s1. The monoisotopic (exact) mass is 457 g/mol. The minimum absolute atomic E-state index is 0. The van der Waals surface area contributed by atoms with Gasteiger partial charge in [0.15, 0.2) is 0 Å². The number of β-amino-alcohol motifs (C(OH)–C–C–N with tert-alkyl or cyclic N) is 1. The average Bonchev–Trinajstić information content (AvgIpc) is 2.65. The van der Waals surface area contributed by atoms with E-state index in [0.29, 0.717) is 0 Å². The van der Waals surface area contributed by atoms with E-state index in [0.717, 1.165) is 71.2 Å². The highest BCUT2D eigenvalue weighted by Gasteiger charge is 2.27. The number of nitrogens with one attached hydrogen (secondary N) is 1. The van der Waals surface area contributed by atoms with Crippen LogP contribution >= 0.6 is 37.2 Å². The predicted octanol–water partition coefficient (Wildman–Crippen LogP) is 1.82. The van der Waals surface area contributed by atoms with Gasteiger partial charge < -0.3 is 19.9 Å². The highest BCUT2D eigenvalue weighted by atomic mass is 35.5. The number of methoxy groups -OCH3 is 1. The lowest BCUT2D eigenvalue weighted by molar-refractivity contribution is 0.0268. The van der Waals surface area contributed by atoms with E-state index in [9.17, 15) is 5.11 Å². The summed E-state index contributed by atoms with van der Waals surface area (Å²) in [6.07, 6.45) is 0.678. The van der Waals surface area contributed by atoms with E-state index in [1.807, 2.05) is 12.1 Å². The minimum Gasteiger partial charge on any atom is -0.497 e. The van der Waals surface area contributed by atoms with Crippen molar-refractivity contribution in [2.24, 2.45) is 0 Å². The molecule has 2 fully saturated rings. The molecule has 2 N–H and O–H groups in total. The Hall–Kier alpha value is -0.310. The first-order valence-corrected chi connectivity index (χ1v) is 9.31. The van der Waals surface area contributed by atoms with Crippen LogP contribution in [0.4, 0.5) is 0 Å². The summed E-state index contributed by atoms with van der Waals surface area (Å²) in [5.41, 5.74) is 1.26. The summed E-state index contributed by atoms with van der Waals surface area (Å²) in [6.45, 7) is 8.29. The van der Waals surface area contributed by atoms with Crippen molar-refractivity contribution in [1.29, 1.82) is 0 Å². The molecule has 2 aliphatic heterocycles. The quantitative estimate of drug-likeness (QED) is 0.650. The molecule has 0 bridgehead atoms. The highest BCUT2D eigenvalue weighted by Crippen LogP contribution is 2.17. The van der Waals surface area contributed by atoms with Crippen LogP contribution in [0.3, 0.4) is 0 Å². The van der Waals surface area contributed by atoms with E-state index in [1.165, 1.54) is 5.56 Å². The number of halogens is 3. The maximum atomic E-state index is 10.5. The first kappa shape index (κ1) is 27.7. The number of morpholine rings is 1. The van der Waals surface area contributed by atoms with Gasteiger partial charge in [-0.25, -0.2) is 0 Å². The smallest absolute Gasteiger partial charge is 0.118 e. The summed E-state index contributed by atoms with van der Waals surface area (Å²) in [4.78, 5) is 4.74. The fraction of sp³-hybridized carbons (Fsp3) is 0.684. The van der Waals surface area contributed by atoms with Crippen molar-refractivity contribution in [3.63, 3.8) is 0 Å². The van der Waals surface area contributed by atoms with E-state index in [4.69, 9.17) is 9.47 Å². The molecule has 9 heteroatoms. The largest absolute Gasteiger partial charge is 0.497 e. The third-order valence-corrected chi connectivity index (χ3v) is 5.17. The molecule has 6 nitrogen and oxygen atoms in total. The summed E-state index contributed by atoms with van der Waals surface area (Å²) in [5, 5.41) is 14.0. The van der Waals surface area contributed by atoms with E-state index in [2.05, 4.69) is 27.2 Å². The van der Waals surface area contributed by atoms with E-state index in [1.54, 1.807) is 7.11 Å². The van der Waals surface area contributed by atoms with Gasteiger partial charge in [0.2, 0.25) is 0 Å². The van der Waals surface area contributed by atoms with Crippen LogP contribution < -0.4 is 10.1 Å². The summed E-state index contributed by atoms with van der Waals surface area (Å²) in [5.74, 6) is 0.881. The number of ether oxygens (including phenoxy) is 2. The van der Waals surface area contributed by atoms with E-state index < -0.39 is 0 Å². The maximum absolute atomic E-state index is 10.5. The normalized spacial score (nSPS) is 23.1. The van der Waals surface area contributed by atoms with Crippen molar-refractivity contribution < 1.29 is 14.6 Å². The first-order valence-electron chi connectivity index (χ1n) is 9.31. The lowest BCUT2D eigenvalue weighted by Crippen LogP contribution is -2.53. The molecule has 2 atom stereocenters. The molecule has 0 saturated carbocycles. The van der Waals surface area contributed by atoms with Crippen molar-refractivity contribution >= 4 is 37.2 Å². The van der Waals surface area contributed by atoms with Gasteiger partial charge in [0, 0.05) is 51.9 Å². The first-order chi connectivity index (χ1) is 12.2. The molecule has 2 saturated heterocycles. The Morgan fingerprint density at radius 1 is 1.07 bits per heavy atom. The zero-order valence-corrected chi connectivity index (χ0v) is 18.9. The van der Waals surface area contributed by atoms with Crippen LogP contribution in [-0.2, 0) is 11.3 Å². The van der Waals surface area contributed by atoms with Crippen LogP contribution in [0, 0.1) is 0 Å². The Morgan fingerprint density at radius 2 is 1.75 bits per heavy atom. The van der Waals surface area contributed by atoms with Gasteiger partial charge in [0.1, 0.15) is 5.75 Å². The highest BCUT2D eigenvalue weighted by molar-refractivity contribution is 5.86. The summed E-state index contributed by atoms with van der Waals surface area (Å²) in [6, 6.07) is 8.38. The second kappa shape index (κ2) is 14.6. The summed E-state index contributed by atoms with van der Waals surface area (Å²) in [7, 11) is 1.68. The predicted molar refractivity (Wildman–Crippen MR) is 120 cm³/mol. The van der Waals surface area contributed by atoms with Crippen molar-refractivity contribution in [2.75, 3.05) is 59.6 Å². The van der Waals surface area contributed by atoms with Crippen molar-refractivity contribution in [1.82, 2.24) is 15.1 Å². The Labute approximate surface area is 187 Å². The Bertz CT molecular complexity index is 519. The van der Waals surface area contributed by atoms with Crippen LogP contribution in [0.2, 0.25) is 0 Å². The van der Waals surface area contributed by atoms with Crippen molar-refractivity contribution in [3.8, 4) is 5.75 Å². The number of aliphatic hydroxyl groups excluding tert-OH is 1. The zero-order chi connectivity index (χ0) is 17.5. The number of benzene rings is 1. The molecule has 0 amide bonds. The molecule has 1 aromatic rings. The molecular weight excluding hydrogens is 425 g/mol. The van der Waals surface area contributed by atoms with Gasteiger partial charge >= 0.3 is 0 Å². The van der Waals surface area contributed by atoms with Gasteiger partial charge in [0.05, 0.1) is 26.4 Å². The van der Waals surface area contributed by atoms with Gasteiger partial charge in [0.25, 0.3) is 0 Å². The van der Waals surface area contributed by atoms with E-state index >= 15 is 0 Å². The Balaban J connectivity index is 0.00000243. The zero-order valence-electron chi connectivity index (χ0n) is 16.4. The van der Waals surface area contributed by atoms with Crippen LogP contribution in [-0.4, -0.2) is 86.6 Å². The number of hydrogen-bond donors (Lipinski definition) is 2. The maximum Gasteiger partial charge on any atom is 0.118 e. The number of piperidine rings is 1. The summed E-state index contributed by atoms with van der Waals surface area (Å²) < 4.78 is 10.6. The van der Waals surface area contributed by atoms with Gasteiger partial charge in [-0.15, -0.1) is 37.2 Å². The molecule has 2 aliphatic rings. The molecule has 0 radical (unpaired) electrons. The number of likely N-dealkylation sites (tertiary alicyclic amines) is 1. The number of nitrogens with zero attached hydrogens (tertiary/aromatic N) is 2. The minimum atomic E-state index is -0.309. The number of rotatable bonds is 7. The van der Waals surface area contributed by atoms with Crippen molar-refractivity contribution in [2.45, 2.75) is 25.1 Å². The molecule has 2 heterocycles. The molecule has 0 unspecified atom stereocenters. The molecule has 28 heavy (non-hydrogen) atoms. The van der Waals surface area contributed by atoms with Gasteiger partial charge in [-0.2, -0.15) is 0 Å². The van der Waals surface area contributed by atoms with Crippen LogP contribution in [0.1, 0.15) is 12.0 Å². The third kappa shape index (κ3) is 8.59. The lowest BCUT2D eigenvalue weighted by atomic mass is 10.0. The number of hydrogen-bond acceptors (Lipinski definition) is 6. The topological polar surface area (TPSA) is 57.2 Å². The van der Waals surface area contributed by atoms with Crippen LogP contribution in [0.5, 0.6) is 5.75 Å². The molecule has 3 rings (SSSR count). The second-order valence-corrected chi connectivity index (χ2v) is 6.95. The number of aliphatic hydroxyl groups is 1. The van der Waals surface area contributed by atoms with Gasteiger partial charge in [-0.1, -0.05) is 12.1 Å². The molecule has 164 valence electrons. The SMILES string of the molecule is COc1ccc(CN2CC[C@@H](NCCN3CCOCC3)[C@H](O)C2)cc1.Cl.Cl.Cl. The summed E-state index contributed by atoms with van der Waals surface area (Å²) >= 11 is 0. The second-order valence-electron chi connectivity index (χ2n) is 6.95. The molecule has 0 aromatic heterocycles. The van der Waals surface area contributed by atoms with Crippen molar-refractivity contribution in [3.05, 3.63) is 29.8 Å². The molecule has 0 spiro atoms. The molecular formula is C19H34Cl3N3O3. The Morgan fingerprint density at radius 3 is 2.36 bits per heavy atom. The van der Waals surface area contributed by atoms with Crippen LogP contribution in [0.15, 0.2) is 24.3 Å². The fourth-order valence-corrected chi connectivity index (χ4v) is 3.60. The van der Waals surface area contributed by atoms with Gasteiger partial charge in [-0.05, 0) is 24.1 Å². The molecule has 0 aliphatic carbocycles. The van der Waals surface area contributed by atoms with Gasteiger partial charge in [-0.3, -0.25) is 9.80 Å². The fourth-order valence-electron chi connectivity index (χ4n) is 3.60. The Kier molecular flexibility index (Phi) is 14.5. The van der Waals surface area contributed by atoms with E-state index in [-0.39, 0.29) is 49.4 Å². The average molecular weight is 459 g/mol. The molecule has 1 aromatic carbocycles.